The predicted octanol–water partition coefficient (Wildman–Crippen LogP) is 1.59. The Morgan fingerprint density at radius 1 is 1.56 bits per heavy atom. The van der Waals surface area contributed by atoms with E-state index in [9.17, 15) is 4.39 Å². The molecule has 86 valence electrons. The molecule has 1 N–H and O–H groups in total. The summed E-state index contributed by atoms with van der Waals surface area (Å²) in [6.07, 6.45) is 1.29. The van der Waals surface area contributed by atoms with Gasteiger partial charge < -0.3 is 5.32 Å². The second-order valence-corrected chi connectivity index (χ2v) is 3.74. The second kappa shape index (κ2) is 4.42. The van der Waals surface area contributed by atoms with Crippen LogP contribution in [0.15, 0.2) is 12.4 Å². The van der Waals surface area contributed by atoms with E-state index < -0.39 is 6.17 Å². The standard InChI is InChI=1S/C10H14FN5/c1-7(11)3-4-12-9-5-10-15-13-6-16(10)8(2)14-9/h5-7,12H,3-4H2,1-2H3. The van der Waals surface area contributed by atoms with E-state index in [0.29, 0.717) is 18.8 Å². The molecule has 1 unspecified atom stereocenters. The number of hydrogen-bond acceptors (Lipinski definition) is 4. The Labute approximate surface area is 92.7 Å². The number of anilines is 1. The molecule has 6 heteroatoms. The maximum Gasteiger partial charge on any atom is 0.165 e. The van der Waals surface area contributed by atoms with E-state index in [0.717, 1.165) is 11.5 Å². The van der Waals surface area contributed by atoms with Crippen LogP contribution < -0.4 is 5.32 Å². The lowest BCUT2D eigenvalue weighted by Gasteiger charge is -2.07. The summed E-state index contributed by atoms with van der Waals surface area (Å²) >= 11 is 0. The number of fused-ring (bicyclic) bond motifs is 1. The van der Waals surface area contributed by atoms with E-state index in [1.54, 1.807) is 23.7 Å². The minimum Gasteiger partial charge on any atom is -0.370 e. The van der Waals surface area contributed by atoms with Crippen LogP contribution >= 0.6 is 0 Å². The molecule has 0 radical (unpaired) electrons. The first-order valence-electron chi connectivity index (χ1n) is 5.22. The predicted molar refractivity (Wildman–Crippen MR) is 59.2 cm³/mol. The van der Waals surface area contributed by atoms with Crippen LogP contribution in [0.1, 0.15) is 19.2 Å². The number of alkyl halides is 1. The van der Waals surface area contributed by atoms with Gasteiger partial charge in [-0.2, -0.15) is 0 Å². The molecule has 0 fully saturated rings. The van der Waals surface area contributed by atoms with Gasteiger partial charge in [-0.15, -0.1) is 10.2 Å². The zero-order valence-corrected chi connectivity index (χ0v) is 9.31. The van der Waals surface area contributed by atoms with Crippen LogP contribution in [-0.4, -0.2) is 32.3 Å². The molecule has 0 saturated carbocycles. The Morgan fingerprint density at radius 3 is 3.12 bits per heavy atom. The number of rotatable bonds is 4. The molecule has 2 rings (SSSR count). The minimum atomic E-state index is -0.801. The summed E-state index contributed by atoms with van der Waals surface area (Å²) in [7, 11) is 0. The van der Waals surface area contributed by atoms with Gasteiger partial charge in [0.2, 0.25) is 0 Å². The molecule has 0 amide bonds. The lowest BCUT2D eigenvalue weighted by Crippen LogP contribution is -2.09. The Kier molecular flexibility index (Phi) is 2.98. The third kappa shape index (κ3) is 2.26. The topological polar surface area (TPSA) is 55.1 Å². The summed E-state index contributed by atoms with van der Waals surface area (Å²) < 4.78 is 14.4. The summed E-state index contributed by atoms with van der Waals surface area (Å²) in [5, 5.41) is 10.8. The highest BCUT2D eigenvalue weighted by Gasteiger charge is 2.04. The number of nitrogens with one attached hydrogen (secondary N) is 1. The van der Waals surface area contributed by atoms with Crippen LogP contribution in [0.5, 0.6) is 0 Å². The molecular formula is C10H14FN5. The van der Waals surface area contributed by atoms with Crippen LogP contribution in [0.2, 0.25) is 0 Å². The van der Waals surface area contributed by atoms with Crippen molar-refractivity contribution in [1.82, 2.24) is 19.6 Å². The second-order valence-electron chi connectivity index (χ2n) is 3.74. The van der Waals surface area contributed by atoms with Gasteiger partial charge in [-0.25, -0.2) is 9.37 Å². The van der Waals surface area contributed by atoms with E-state index in [1.807, 2.05) is 6.92 Å². The molecule has 16 heavy (non-hydrogen) atoms. The molecule has 0 aromatic carbocycles. The Balaban J connectivity index is 2.12. The van der Waals surface area contributed by atoms with Crippen LogP contribution in [0, 0.1) is 6.92 Å². The number of aryl methyl sites for hydroxylation is 1. The SMILES string of the molecule is Cc1nc(NCCC(C)F)cc2nncn12. The highest BCUT2D eigenvalue weighted by Crippen LogP contribution is 2.09. The Hall–Kier alpha value is -1.72. The first-order chi connectivity index (χ1) is 7.66. The molecular weight excluding hydrogens is 209 g/mol. The van der Waals surface area contributed by atoms with Crippen molar-refractivity contribution in [1.29, 1.82) is 0 Å². The van der Waals surface area contributed by atoms with Gasteiger partial charge >= 0.3 is 0 Å². The molecule has 0 aliphatic rings. The molecule has 0 aliphatic carbocycles. The maximum atomic E-state index is 12.6. The fourth-order valence-corrected chi connectivity index (χ4v) is 1.46. The molecule has 0 aliphatic heterocycles. The highest BCUT2D eigenvalue weighted by atomic mass is 19.1. The van der Waals surface area contributed by atoms with Crippen molar-refractivity contribution < 1.29 is 4.39 Å². The monoisotopic (exact) mass is 223 g/mol. The van der Waals surface area contributed by atoms with E-state index >= 15 is 0 Å². The molecule has 2 heterocycles. The molecule has 1 atom stereocenters. The quantitative estimate of drug-likeness (QED) is 0.855. The smallest absolute Gasteiger partial charge is 0.165 e. The van der Waals surface area contributed by atoms with Crippen molar-refractivity contribution in [3.63, 3.8) is 0 Å². The fraction of sp³-hybridized carbons (Fsp3) is 0.500. The number of nitrogens with zero attached hydrogens (tertiary/aromatic N) is 4. The number of aromatic nitrogens is 4. The normalized spacial score (nSPS) is 12.9. The van der Waals surface area contributed by atoms with E-state index in [2.05, 4.69) is 20.5 Å². The van der Waals surface area contributed by atoms with Gasteiger partial charge in [-0.3, -0.25) is 4.40 Å². The van der Waals surface area contributed by atoms with E-state index in [-0.39, 0.29) is 0 Å². The molecule has 0 saturated heterocycles. The number of halogens is 1. The first-order valence-corrected chi connectivity index (χ1v) is 5.22. The average molecular weight is 223 g/mol. The van der Waals surface area contributed by atoms with Crippen molar-refractivity contribution in [3.05, 3.63) is 18.2 Å². The molecule has 0 bridgehead atoms. The van der Waals surface area contributed by atoms with Gasteiger partial charge in [0.15, 0.2) is 5.65 Å². The minimum absolute atomic E-state index is 0.471. The van der Waals surface area contributed by atoms with Crippen molar-refractivity contribution in [2.24, 2.45) is 0 Å². The summed E-state index contributed by atoms with van der Waals surface area (Å²) in [5.74, 6) is 1.51. The van der Waals surface area contributed by atoms with Crippen molar-refractivity contribution in [2.45, 2.75) is 26.4 Å². The summed E-state index contributed by atoms with van der Waals surface area (Å²) in [6, 6.07) is 1.79. The Bertz CT molecular complexity index is 479. The van der Waals surface area contributed by atoms with Gasteiger partial charge in [0.1, 0.15) is 18.0 Å². The van der Waals surface area contributed by atoms with Crippen LogP contribution in [0.4, 0.5) is 10.2 Å². The highest BCUT2D eigenvalue weighted by molar-refractivity contribution is 5.49. The Morgan fingerprint density at radius 2 is 2.38 bits per heavy atom. The van der Waals surface area contributed by atoms with Gasteiger partial charge in [-0.1, -0.05) is 0 Å². The largest absolute Gasteiger partial charge is 0.370 e. The third-order valence-electron chi connectivity index (χ3n) is 2.32. The van der Waals surface area contributed by atoms with Gasteiger partial charge in [0.25, 0.3) is 0 Å². The summed E-state index contributed by atoms with van der Waals surface area (Å²) in [5.41, 5.74) is 0.739. The molecule has 2 aromatic heterocycles. The van der Waals surface area contributed by atoms with E-state index in [1.165, 1.54) is 0 Å². The molecule has 0 spiro atoms. The fourth-order valence-electron chi connectivity index (χ4n) is 1.46. The zero-order valence-electron chi connectivity index (χ0n) is 9.31. The van der Waals surface area contributed by atoms with Gasteiger partial charge in [-0.05, 0) is 20.3 Å². The zero-order chi connectivity index (χ0) is 11.5. The lowest BCUT2D eigenvalue weighted by molar-refractivity contribution is 0.348. The molecule has 2 aromatic rings. The summed E-state index contributed by atoms with van der Waals surface area (Å²) in [6.45, 7) is 3.98. The van der Waals surface area contributed by atoms with Gasteiger partial charge in [0.05, 0.1) is 6.17 Å². The third-order valence-corrected chi connectivity index (χ3v) is 2.32. The average Bonchev–Trinajstić information content (AvgIpc) is 2.65. The number of hydrogen-bond donors (Lipinski definition) is 1. The molecule has 5 nitrogen and oxygen atoms in total. The van der Waals surface area contributed by atoms with Crippen molar-refractivity contribution in [2.75, 3.05) is 11.9 Å². The maximum absolute atomic E-state index is 12.6. The van der Waals surface area contributed by atoms with Crippen LogP contribution in [-0.2, 0) is 0 Å². The van der Waals surface area contributed by atoms with Crippen LogP contribution in [0.3, 0.4) is 0 Å². The van der Waals surface area contributed by atoms with Crippen molar-refractivity contribution >= 4 is 11.5 Å². The summed E-state index contributed by atoms with van der Waals surface area (Å²) in [4.78, 5) is 4.32. The van der Waals surface area contributed by atoms with Crippen LogP contribution in [0.25, 0.3) is 5.65 Å². The lowest BCUT2D eigenvalue weighted by atomic mass is 10.3. The van der Waals surface area contributed by atoms with Gasteiger partial charge in [0, 0.05) is 12.6 Å². The van der Waals surface area contributed by atoms with Crippen molar-refractivity contribution in [3.8, 4) is 0 Å². The van der Waals surface area contributed by atoms with E-state index in [4.69, 9.17) is 0 Å². The first kappa shape index (κ1) is 10.8.